The fraction of sp³-hybridized carbons (Fsp3) is 0.700. The molecule has 1 aromatic rings. The third-order valence-corrected chi connectivity index (χ3v) is 5.62. The molecule has 3 rings (SSSR count). The minimum absolute atomic E-state index is 0.703. The van der Waals surface area contributed by atoms with Crippen molar-refractivity contribution in [1.82, 2.24) is 5.32 Å². The lowest BCUT2D eigenvalue weighted by Crippen LogP contribution is -2.38. The van der Waals surface area contributed by atoms with E-state index in [0.29, 0.717) is 6.04 Å². The average molecular weight is 285 g/mol. The molecule has 2 aliphatic rings. The van der Waals surface area contributed by atoms with Crippen molar-refractivity contribution in [2.45, 2.75) is 76.7 Å². The summed E-state index contributed by atoms with van der Waals surface area (Å²) in [5.74, 6) is 1.73. The van der Waals surface area contributed by atoms with Gasteiger partial charge in [-0.15, -0.1) is 0 Å². The zero-order valence-corrected chi connectivity index (χ0v) is 13.6. The highest BCUT2D eigenvalue weighted by Crippen LogP contribution is 2.38. The van der Waals surface area contributed by atoms with Crippen molar-refractivity contribution in [1.29, 1.82) is 0 Å². The number of rotatable bonds is 6. The van der Waals surface area contributed by atoms with Crippen LogP contribution < -0.4 is 5.32 Å². The molecule has 0 bridgehead atoms. The first-order valence-corrected chi connectivity index (χ1v) is 9.19. The summed E-state index contributed by atoms with van der Waals surface area (Å²) in [5, 5.41) is 3.91. The molecule has 0 radical (unpaired) electrons. The molecule has 116 valence electrons. The van der Waals surface area contributed by atoms with Gasteiger partial charge in [-0.2, -0.15) is 0 Å². The molecule has 0 amide bonds. The average Bonchev–Trinajstić information content (AvgIpc) is 3.04. The van der Waals surface area contributed by atoms with Gasteiger partial charge in [-0.3, -0.25) is 0 Å². The topological polar surface area (TPSA) is 12.0 Å². The maximum Gasteiger partial charge on any atom is 0.0138 e. The van der Waals surface area contributed by atoms with Gasteiger partial charge in [0.1, 0.15) is 0 Å². The Morgan fingerprint density at radius 3 is 2.71 bits per heavy atom. The molecule has 2 atom stereocenters. The third-order valence-electron chi connectivity index (χ3n) is 5.62. The van der Waals surface area contributed by atoms with Gasteiger partial charge in [-0.1, -0.05) is 56.9 Å². The Morgan fingerprint density at radius 1 is 1.10 bits per heavy atom. The minimum Gasteiger partial charge on any atom is -0.313 e. The van der Waals surface area contributed by atoms with E-state index in [1.807, 2.05) is 0 Å². The summed E-state index contributed by atoms with van der Waals surface area (Å²) in [4.78, 5) is 0. The molecule has 0 aromatic heterocycles. The summed E-state index contributed by atoms with van der Waals surface area (Å²) in [6, 6.07) is 9.91. The molecule has 1 saturated carbocycles. The number of fused-ring (bicyclic) bond motifs is 1. The van der Waals surface area contributed by atoms with Gasteiger partial charge in [0.2, 0.25) is 0 Å². The van der Waals surface area contributed by atoms with Gasteiger partial charge in [-0.25, -0.2) is 0 Å². The van der Waals surface area contributed by atoms with Crippen LogP contribution in [0.25, 0.3) is 0 Å². The molecular formula is C20H31N. The van der Waals surface area contributed by atoms with Crippen molar-refractivity contribution < 1.29 is 0 Å². The van der Waals surface area contributed by atoms with Crippen molar-refractivity contribution in [3.63, 3.8) is 0 Å². The Hall–Kier alpha value is -0.820. The molecular weight excluding hydrogens is 254 g/mol. The molecule has 0 aliphatic heterocycles. The van der Waals surface area contributed by atoms with Crippen LogP contribution in [-0.4, -0.2) is 12.6 Å². The lowest BCUT2D eigenvalue weighted by atomic mass is 9.76. The lowest BCUT2D eigenvalue weighted by Gasteiger charge is -2.34. The highest BCUT2D eigenvalue weighted by Gasteiger charge is 2.30. The monoisotopic (exact) mass is 285 g/mol. The first kappa shape index (κ1) is 15.1. The first-order chi connectivity index (χ1) is 10.4. The summed E-state index contributed by atoms with van der Waals surface area (Å²) in [7, 11) is 0. The predicted molar refractivity (Wildman–Crippen MR) is 90.8 cm³/mol. The summed E-state index contributed by atoms with van der Waals surface area (Å²) in [6.45, 7) is 3.46. The highest BCUT2D eigenvalue weighted by molar-refractivity contribution is 5.33. The lowest BCUT2D eigenvalue weighted by molar-refractivity contribution is 0.322. The number of benzene rings is 1. The van der Waals surface area contributed by atoms with E-state index >= 15 is 0 Å². The third kappa shape index (κ3) is 3.69. The van der Waals surface area contributed by atoms with Gasteiger partial charge >= 0.3 is 0 Å². The molecule has 0 saturated heterocycles. The molecule has 1 heteroatoms. The van der Waals surface area contributed by atoms with Crippen LogP contribution in [0.2, 0.25) is 0 Å². The second-order valence-corrected chi connectivity index (χ2v) is 7.14. The molecule has 2 unspecified atom stereocenters. The Labute approximate surface area is 130 Å². The van der Waals surface area contributed by atoms with E-state index in [9.17, 15) is 0 Å². The van der Waals surface area contributed by atoms with Gasteiger partial charge in [0, 0.05) is 6.04 Å². The van der Waals surface area contributed by atoms with Crippen molar-refractivity contribution in [2.24, 2.45) is 5.92 Å². The Balaban J connectivity index is 1.75. The Morgan fingerprint density at radius 2 is 1.90 bits per heavy atom. The molecule has 0 heterocycles. The number of hydrogen-bond donors (Lipinski definition) is 1. The van der Waals surface area contributed by atoms with E-state index in [2.05, 4.69) is 36.5 Å². The Kier molecular flexibility index (Phi) is 5.35. The van der Waals surface area contributed by atoms with E-state index < -0.39 is 0 Å². The smallest absolute Gasteiger partial charge is 0.0138 e. The molecule has 1 nitrogen and oxygen atoms in total. The van der Waals surface area contributed by atoms with E-state index in [1.54, 1.807) is 11.1 Å². The zero-order chi connectivity index (χ0) is 14.5. The van der Waals surface area contributed by atoms with Crippen LogP contribution in [0.1, 0.15) is 75.3 Å². The minimum atomic E-state index is 0.703. The maximum absolute atomic E-state index is 3.91. The zero-order valence-electron chi connectivity index (χ0n) is 13.6. The van der Waals surface area contributed by atoms with Crippen LogP contribution in [-0.2, 0) is 6.42 Å². The van der Waals surface area contributed by atoms with Crippen molar-refractivity contribution in [3.05, 3.63) is 35.4 Å². The van der Waals surface area contributed by atoms with Gasteiger partial charge in [0.15, 0.2) is 0 Å². The van der Waals surface area contributed by atoms with Crippen molar-refractivity contribution >= 4 is 0 Å². The van der Waals surface area contributed by atoms with Crippen molar-refractivity contribution in [3.8, 4) is 0 Å². The second-order valence-electron chi connectivity index (χ2n) is 7.14. The first-order valence-electron chi connectivity index (χ1n) is 9.19. The normalized spacial score (nSPS) is 24.0. The maximum atomic E-state index is 3.91. The number of aryl methyl sites for hydroxylation is 1. The molecule has 21 heavy (non-hydrogen) atoms. The molecule has 2 aliphatic carbocycles. The molecule has 1 fully saturated rings. The van der Waals surface area contributed by atoms with Crippen LogP contribution in [0.5, 0.6) is 0 Å². The van der Waals surface area contributed by atoms with E-state index in [0.717, 1.165) is 11.8 Å². The van der Waals surface area contributed by atoms with Crippen LogP contribution in [0, 0.1) is 5.92 Å². The number of hydrogen-bond acceptors (Lipinski definition) is 1. The van der Waals surface area contributed by atoms with Gasteiger partial charge in [0.05, 0.1) is 0 Å². The van der Waals surface area contributed by atoms with E-state index in [1.165, 1.54) is 64.3 Å². The summed E-state index contributed by atoms with van der Waals surface area (Å²) in [5.41, 5.74) is 3.26. The van der Waals surface area contributed by atoms with Crippen molar-refractivity contribution in [2.75, 3.05) is 6.54 Å². The van der Waals surface area contributed by atoms with Crippen LogP contribution >= 0.6 is 0 Å². The summed E-state index contributed by atoms with van der Waals surface area (Å²) in [6.07, 6.45) is 12.6. The van der Waals surface area contributed by atoms with E-state index in [-0.39, 0.29) is 0 Å². The fourth-order valence-electron chi connectivity index (χ4n) is 4.53. The standard InChI is InChI=1S/C20H31N/c1-2-14-21-20(15-16-8-3-4-9-16)19-13-7-11-17-10-5-6-12-18(17)19/h5-6,10,12,16,19-21H,2-4,7-9,11,13-15H2,1H3. The van der Waals surface area contributed by atoms with Gasteiger partial charge in [0.25, 0.3) is 0 Å². The molecule has 1 N–H and O–H groups in total. The molecule has 0 spiro atoms. The highest BCUT2D eigenvalue weighted by atomic mass is 14.9. The summed E-state index contributed by atoms with van der Waals surface area (Å²) < 4.78 is 0. The predicted octanol–water partition coefficient (Wildman–Crippen LogP) is 5.06. The number of nitrogens with one attached hydrogen (secondary N) is 1. The van der Waals surface area contributed by atoms with E-state index in [4.69, 9.17) is 0 Å². The quantitative estimate of drug-likeness (QED) is 0.770. The van der Waals surface area contributed by atoms with Crippen LogP contribution in [0.15, 0.2) is 24.3 Å². The van der Waals surface area contributed by atoms with Gasteiger partial charge < -0.3 is 5.32 Å². The van der Waals surface area contributed by atoms with Crippen LogP contribution in [0.3, 0.4) is 0 Å². The van der Waals surface area contributed by atoms with Crippen LogP contribution in [0.4, 0.5) is 0 Å². The second kappa shape index (κ2) is 7.45. The van der Waals surface area contributed by atoms with Gasteiger partial charge in [-0.05, 0) is 61.6 Å². The molecule has 1 aromatic carbocycles. The fourth-order valence-corrected chi connectivity index (χ4v) is 4.53. The Bertz CT molecular complexity index is 433. The summed E-state index contributed by atoms with van der Waals surface area (Å²) >= 11 is 0. The largest absolute Gasteiger partial charge is 0.313 e. The SMILES string of the molecule is CCCNC(CC1CCCC1)C1CCCc2ccccc21.